The molecule has 0 spiro atoms. The summed E-state index contributed by atoms with van der Waals surface area (Å²) in [5, 5.41) is 23.4. The number of carbonyl (C=O) groups is 3. The number of hydrogen-bond donors (Lipinski definition) is 5. The summed E-state index contributed by atoms with van der Waals surface area (Å²) in [4.78, 5) is 65.1. The number of halogens is 1. The number of nitrogens with one attached hydrogen (secondary N) is 1. The van der Waals surface area contributed by atoms with Gasteiger partial charge < -0.3 is 30.1 Å². The highest BCUT2D eigenvalue weighted by atomic mass is 35.5. The predicted molar refractivity (Wildman–Crippen MR) is 182 cm³/mol. The summed E-state index contributed by atoms with van der Waals surface area (Å²) in [7, 11) is -3.04. The van der Waals surface area contributed by atoms with E-state index >= 15 is 0 Å². The van der Waals surface area contributed by atoms with Crippen LogP contribution < -0.4 is 5.32 Å². The highest BCUT2D eigenvalue weighted by Gasteiger charge is 2.51. The van der Waals surface area contributed by atoms with Crippen molar-refractivity contribution in [3.8, 4) is 0 Å². The fourth-order valence-electron chi connectivity index (χ4n) is 5.69. The van der Waals surface area contributed by atoms with Crippen molar-refractivity contribution in [1.29, 1.82) is 0 Å². The molecule has 14 nitrogen and oxygen atoms in total. The number of phosphoric acid groups is 1. The number of likely N-dealkylation sites (tertiary alicyclic amines) is 1. The van der Waals surface area contributed by atoms with Crippen molar-refractivity contribution >= 4 is 49.0 Å². The van der Waals surface area contributed by atoms with Crippen LogP contribution >= 0.6 is 31.2 Å². The van der Waals surface area contributed by atoms with Crippen molar-refractivity contribution < 1.29 is 58.0 Å². The molecule has 272 valence electrons. The van der Waals surface area contributed by atoms with E-state index in [0.717, 1.165) is 37.6 Å². The monoisotopic (exact) mass is 746 g/mol. The van der Waals surface area contributed by atoms with Gasteiger partial charge in [-0.15, -0.1) is 23.4 Å². The third kappa shape index (κ3) is 12.0. The second-order valence-electron chi connectivity index (χ2n) is 11.8. The van der Waals surface area contributed by atoms with Crippen LogP contribution in [0.5, 0.6) is 0 Å². The number of amides is 1. The van der Waals surface area contributed by atoms with Gasteiger partial charge in [0.05, 0.1) is 28.6 Å². The first-order valence-corrected chi connectivity index (χ1v) is 18.9. The predicted octanol–water partition coefficient (Wildman–Crippen LogP) is 3.12. The standard InChI is InChI=1S/C18H34ClN2O8PS.C14H10O4/c1-5-6-10-7-11(21(3)8-10)17(24)20-12(9(2)19)15-13(22)14(23)16(18(28-15)31-4)29-30(25,26)27;15-13(11-7-3-1-4-8-11)17-18-14(16)12-9-5-2-6-10-12/h9-16,18,22-23H,5-8H2,1-4H3,(H,20,24)(H2,25,26,27);1-10H/t9-,10+,11-,12+,13+,14-,15+,16+,18+;/m0./s1. The number of aliphatic hydroxyl groups is 2. The highest BCUT2D eigenvalue weighted by molar-refractivity contribution is 7.99. The van der Waals surface area contributed by atoms with Crippen LogP contribution in [0.4, 0.5) is 0 Å². The first-order valence-electron chi connectivity index (χ1n) is 15.6. The topological polar surface area (TPSA) is 201 Å². The number of thioether (sulfide) groups is 1. The number of rotatable bonds is 11. The maximum Gasteiger partial charge on any atom is 0.470 e. The Hall–Kier alpha value is -2.56. The lowest BCUT2D eigenvalue weighted by molar-refractivity contribution is -0.201. The molecule has 9 atom stereocenters. The summed E-state index contributed by atoms with van der Waals surface area (Å²) in [5.41, 5.74) is -0.356. The minimum absolute atomic E-state index is 0.238. The smallest absolute Gasteiger partial charge is 0.388 e. The number of nitrogens with zero attached hydrogens (tertiary/aromatic N) is 1. The number of alkyl halides is 1. The molecule has 2 saturated heterocycles. The van der Waals surface area contributed by atoms with E-state index in [1.165, 1.54) is 0 Å². The van der Waals surface area contributed by atoms with Crippen LogP contribution in [0.15, 0.2) is 60.7 Å². The lowest BCUT2D eigenvalue weighted by Gasteiger charge is -2.45. The zero-order chi connectivity index (χ0) is 36.3. The van der Waals surface area contributed by atoms with Crippen LogP contribution in [0.25, 0.3) is 0 Å². The number of benzene rings is 2. The Balaban J connectivity index is 0.000000305. The van der Waals surface area contributed by atoms with Crippen molar-refractivity contribution in [2.75, 3.05) is 19.8 Å². The van der Waals surface area contributed by atoms with Gasteiger partial charge in [-0.25, -0.2) is 23.9 Å². The van der Waals surface area contributed by atoms with Gasteiger partial charge in [0.25, 0.3) is 0 Å². The Morgan fingerprint density at radius 1 is 1.02 bits per heavy atom. The molecule has 2 aliphatic heterocycles. The molecule has 0 unspecified atom stereocenters. The average molecular weight is 747 g/mol. The maximum absolute atomic E-state index is 13.0. The Morgan fingerprint density at radius 2 is 1.55 bits per heavy atom. The molecule has 2 fully saturated rings. The number of hydrogen-bond acceptors (Lipinski definition) is 12. The fourth-order valence-corrected chi connectivity index (χ4v) is 7.25. The lowest BCUT2D eigenvalue weighted by atomic mass is 9.92. The molecule has 17 heteroatoms. The molecule has 4 rings (SSSR count). The minimum Gasteiger partial charge on any atom is -0.388 e. The molecule has 0 saturated carbocycles. The van der Waals surface area contributed by atoms with Gasteiger partial charge in [-0.3, -0.25) is 14.2 Å². The molecule has 2 aliphatic rings. The van der Waals surface area contributed by atoms with E-state index in [1.54, 1.807) is 73.8 Å². The fraction of sp³-hybridized carbons (Fsp3) is 0.531. The van der Waals surface area contributed by atoms with Gasteiger partial charge in [-0.2, -0.15) is 0 Å². The van der Waals surface area contributed by atoms with Crippen LogP contribution in [-0.4, -0.2) is 110 Å². The molecular weight excluding hydrogens is 703 g/mol. The van der Waals surface area contributed by atoms with E-state index in [-0.39, 0.29) is 11.9 Å². The van der Waals surface area contributed by atoms with Gasteiger partial charge >= 0.3 is 19.8 Å². The minimum atomic E-state index is -4.93. The van der Waals surface area contributed by atoms with Crippen LogP contribution in [0.2, 0.25) is 0 Å². The lowest BCUT2D eigenvalue weighted by Crippen LogP contribution is -2.65. The zero-order valence-electron chi connectivity index (χ0n) is 27.5. The molecular formula is C32H44ClN2O12PS. The van der Waals surface area contributed by atoms with Crippen molar-refractivity contribution in [1.82, 2.24) is 10.2 Å². The molecule has 2 aromatic rings. The molecule has 1 amide bonds. The third-order valence-electron chi connectivity index (χ3n) is 8.08. The SMILES string of the molecule is CCC[C@@H]1C[C@@H](C(=O)N[C@@H]([C@H]2O[C@H](SC)[C@H](OP(=O)(O)O)[C@@H](O)[C@H]2O)[C@H](C)Cl)N(C)C1.O=C(OOC(=O)c1ccccc1)c1ccccc1. The Morgan fingerprint density at radius 3 is 2.00 bits per heavy atom. The third-order valence-corrected chi connectivity index (χ3v) is 9.71. The van der Waals surface area contributed by atoms with E-state index in [9.17, 15) is 29.2 Å². The summed E-state index contributed by atoms with van der Waals surface area (Å²) in [5.74, 6) is -1.22. The average Bonchev–Trinajstić information content (AvgIpc) is 3.45. The Bertz CT molecular complexity index is 1350. The van der Waals surface area contributed by atoms with Crippen LogP contribution in [0.1, 0.15) is 53.8 Å². The van der Waals surface area contributed by atoms with Crippen LogP contribution in [0.3, 0.4) is 0 Å². The van der Waals surface area contributed by atoms with Crippen LogP contribution in [0, 0.1) is 5.92 Å². The number of phosphoric ester groups is 1. The van der Waals surface area contributed by atoms with Crippen molar-refractivity contribution in [2.45, 2.75) is 80.4 Å². The number of carbonyl (C=O) groups excluding carboxylic acids is 3. The normalized spacial score (nSPS) is 26.8. The van der Waals surface area contributed by atoms with Gasteiger partial charge in [0, 0.05) is 6.54 Å². The van der Waals surface area contributed by atoms with Crippen molar-refractivity contribution in [2.24, 2.45) is 5.92 Å². The summed E-state index contributed by atoms with van der Waals surface area (Å²) in [6.45, 7) is 4.57. The van der Waals surface area contributed by atoms with E-state index < -0.39 is 61.0 Å². The quantitative estimate of drug-likeness (QED) is 0.0972. The van der Waals surface area contributed by atoms with E-state index in [1.807, 2.05) is 11.9 Å². The molecule has 5 N–H and O–H groups in total. The summed E-state index contributed by atoms with van der Waals surface area (Å²) in [6, 6.07) is 15.4. The number of aliphatic hydroxyl groups excluding tert-OH is 2. The van der Waals surface area contributed by atoms with Gasteiger partial charge in [0.15, 0.2) is 0 Å². The van der Waals surface area contributed by atoms with Gasteiger partial charge in [-0.1, -0.05) is 49.7 Å². The molecule has 2 heterocycles. The largest absolute Gasteiger partial charge is 0.470 e. The summed E-state index contributed by atoms with van der Waals surface area (Å²) in [6.07, 6.45) is -1.37. The molecule has 0 bridgehead atoms. The van der Waals surface area contributed by atoms with Crippen molar-refractivity contribution in [3.05, 3.63) is 71.8 Å². The Kier molecular flexibility index (Phi) is 16.0. The first kappa shape index (κ1) is 40.9. The molecule has 49 heavy (non-hydrogen) atoms. The van der Waals surface area contributed by atoms with Gasteiger partial charge in [-0.05, 0) is 63.3 Å². The van der Waals surface area contributed by atoms with E-state index in [2.05, 4.69) is 26.5 Å². The van der Waals surface area contributed by atoms with E-state index in [0.29, 0.717) is 17.0 Å². The number of likely N-dealkylation sites (N-methyl/N-ethyl adjacent to an activating group) is 1. The number of ether oxygens (including phenoxy) is 1. The highest BCUT2D eigenvalue weighted by Crippen LogP contribution is 2.43. The molecule has 0 aliphatic carbocycles. The van der Waals surface area contributed by atoms with Crippen LogP contribution in [-0.2, 0) is 28.4 Å². The second-order valence-corrected chi connectivity index (χ2v) is 14.6. The first-order chi connectivity index (χ1) is 23.2. The summed E-state index contributed by atoms with van der Waals surface area (Å²) < 4.78 is 21.7. The zero-order valence-corrected chi connectivity index (χ0v) is 30.0. The Labute approximate surface area is 294 Å². The second kappa shape index (κ2) is 19.2. The van der Waals surface area contributed by atoms with Gasteiger partial charge in [0.1, 0.15) is 29.9 Å². The molecule has 0 aromatic heterocycles. The molecule has 2 aromatic carbocycles. The van der Waals surface area contributed by atoms with Gasteiger partial charge in [0.2, 0.25) is 5.91 Å². The van der Waals surface area contributed by atoms with E-state index in [4.69, 9.17) is 26.1 Å². The maximum atomic E-state index is 13.0. The molecule has 0 radical (unpaired) electrons. The summed E-state index contributed by atoms with van der Waals surface area (Å²) >= 11 is 7.38. The van der Waals surface area contributed by atoms with Crippen molar-refractivity contribution in [3.63, 3.8) is 0 Å².